The third-order valence-electron chi connectivity index (χ3n) is 3.26. The average molecular weight is 359 g/mol. The first-order valence-electron chi connectivity index (χ1n) is 7.49. The van der Waals surface area contributed by atoms with Crippen molar-refractivity contribution in [2.45, 2.75) is 13.8 Å². The summed E-state index contributed by atoms with van der Waals surface area (Å²) in [6, 6.07) is 13.1. The first kappa shape index (κ1) is 21.2. The Kier molecular flexibility index (Phi) is 9.67. The summed E-state index contributed by atoms with van der Waals surface area (Å²) in [7, 11) is 0.0436. The summed E-state index contributed by atoms with van der Waals surface area (Å²) in [6.07, 6.45) is 0. The Labute approximate surface area is 162 Å². The van der Waals surface area contributed by atoms with E-state index in [9.17, 15) is 4.79 Å². The molecule has 0 bridgehead atoms. The molecule has 0 radical (unpaired) electrons. The molecule has 0 fully saturated rings. The Balaban J connectivity index is 0.00000288. The van der Waals surface area contributed by atoms with E-state index >= 15 is 0 Å². The molecule has 0 N–H and O–H groups in total. The summed E-state index contributed by atoms with van der Waals surface area (Å²) in [4.78, 5) is 12.5. The number of rotatable bonds is 8. The number of hydrogen-bond donors (Lipinski definition) is 0. The Morgan fingerprint density at radius 3 is 2.46 bits per heavy atom. The van der Waals surface area contributed by atoms with Gasteiger partial charge in [0.25, 0.3) is 0 Å². The Hall–Kier alpha value is -0.813. The van der Waals surface area contributed by atoms with Crippen molar-refractivity contribution >= 4 is 49.9 Å². The minimum absolute atomic E-state index is 0. The van der Waals surface area contributed by atoms with Gasteiger partial charge in [0.2, 0.25) is 0 Å². The molecule has 2 aromatic rings. The number of halogens is 1. The van der Waals surface area contributed by atoms with Crippen LogP contribution < -0.4 is 10.0 Å². The second kappa shape index (κ2) is 10.9. The van der Waals surface area contributed by atoms with E-state index in [0.29, 0.717) is 30.4 Å². The SMILES string of the molecule is CCOCCOc1ccc(PC(=O)c2c(C)cccc2Cl)cc1.[LiH]. The Bertz CT molecular complexity index is 642. The quantitative estimate of drug-likeness (QED) is 0.411. The van der Waals surface area contributed by atoms with Crippen LogP contribution in [-0.2, 0) is 4.74 Å². The Morgan fingerprint density at radius 2 is 1.83 bits per heavy atom. The van der Waals surface area contributed by atoms with Crippen LogP contribution in [0.25, 0.3) is 0 Å². The Morgan fingerprint density at radius 1 is 1.12 bits per heavy atom. The zero-order chi connectivity index (χ0) is 16.7. The molecule has 0 aliphatic rings. The molecule has 6 heteroatoms. The van der Waals surface area contributed by atoms with Crippen molar-refractivity contribution < 1.29 is 14.3 Å². The van der Waals surface area contributed by atoms with Gasteiger partial charge in [-0.05, 0) is 51.5 Å². The van der Waals surface area contributed by atoms with Gasteiger partial charge in [0.15, 0.2) is 5.52 Å². The molecule has 1 atom stereocenters. The summed E-state index contributed by atoms with van der Waals surface area (Å²) < 4.78 is 10.8. The van der Waals surface area contributed by atoms with Crippen LogP contribution in [0.2, 0.25) is 5.02 Å². The number of aryl methyl sites for hydroxylation is 1. The molecular formula is C18H21ClLiO3P. The van der Waals surface area contributed by atoms with Crippen molar-refractivity contribution in [2.24, 2.45) is 0 Å². The van der Waals surface area contributed by atoms with Gasteiger partial charge in [-0.3, -0.25) is 4.79 Å². The van der Waals surface area contributed by atoms with Crippen molar-refractivity contribution in [3.63, 3.8) is 0 Å². The van der Waals surface area contributed by atoms with Crippen LogP contribution in [0, 0.1) is 6.92 Å². The van der Waals surface area contributed by atoms with E-state index in [4.69, 9.17) is 21.1 Å². The number of hydrogen-bond acceptors (Lipinski definition) is 3. The van der Waals surface area contributed by atoms with Crippen LogP contribution >= 0.6 is 20.2 Å². The monoisotopic (exact) mass is 358 g/mol. The molecule has 2 rings (SSSR count). The van der Waals surface area contributed by atoms with E-state index < -0.39 is 0 Å². The van der Waals surface area contributed by atoms with Gasteiger partial charge in [-0.1, -0.05) is 35.9 Å². The molecule has 3 nitrogen and oxygen atoms in total. The summed E-state index contributed by atoms with van der Waals surface area (Å²) >= 11 is 6.15. The first-order chi connectivity index (χ1) is 11.1. The van der Waals surface area contributed by atoms with Crippen LogP contribution in [0.5, 0.6) is 5.75 Å². The molecule has 0 aliphatic carbocycles. The fourth-order valence-corrected chi connectivity index (χ4v) is 3.55. The van der Waals surface area contributed by atoms with E-state index in [1.165, 1.54) is 0 Å². The number of benzene rings is 2. The third-order valence-corrected chi connectivity index (χ3v) is 4.68. The van der Waals surface area contributed by atoms with E-state index in [2.05, 4.69) is 0 Å². The average Bonchev–Trinajstić information content (AvgIpc) is 2.53. The summed E-state index contributed by atoms with van der Waals surface area (Å²) in [5, 5.41) is 1.48. The van der Waals surface area contributed by atoms with E-state index in [0.717, 1.165) is 16.6 Å². The van der Waals surface area contributed by atoms with Gasteiger partial charge in [0.05, 0.1) is 11.6 Å². The molecule has 0 amide bonds. The van der Waals surface area contributed by atoms with Crippen LogP contribution in [-0.4, -0.2) is 44.2 Å². The topological polar surface area (TPSA) is 35.5 Å². The summed E-state index contributed by atoms with van der Waals surface area (Å²) in [5.41, 5.74) is 1.58. The molecule has 24 heavy (non-hydrogen) atoms. The van der Waals surface area contributed by atoms with Crippen LogP contribution in [0.1, 0.15) is 22.8 Å². The van der Waals surface area contributed by atoms with E-state index in [1.54, 1.807) is 6.07 Å². The fourth-order valence-electron chi connectivity index (χ4n) is 2.11. The molecule has 0 spiro atoms. The van der Waals surface area contributed by atoms with Gasteiger partial charge in [-0.25, -0.2) is 0 Å². The van der Waals surface area contributed by atoms with Crippen LogP contribution in [0.15, 0.2) is 42.5 Å². The zero-order valence-corrected chi connectivity index (χ0v) is 15.0. The summed E-state index contributed by atoms with van der Waals surface area (Å²) in [5.74, 6) is 0.777. The minimum atomic E-state index is 0. The molecule has 1 unspecified atom stereocenters. The second-order valence-corrected chi connectivity index (χ2v) is 6.64. The normalized spacial score (nSPS) is 10.6. The van der Waals surface area contributed by atoms with Crippen molar-refractivity contribution in [1.29, 1.82) is 0 Å². The van der Waals surface area contributed by atoms with Gasteiger partial charge >= 0.3 is 18.9 Å². The van der Waals surface area contributed by atoms with Crippen LogP contribution in [0.3, 0.4) is 0 Å². The maximum absolute atomic E-state index is 12.5. The fraction of sp³-hybridized carbons (Fsp3) is 0.278. The maximum atomic E-state index is 12.5. The summed E-state index contributed by atoms with van der Waals surface area (Å²) in [6.45, 7) is 5.64. The van der Waals surface area contributed by atoms with Crippen LogP contribution in [0.4, 0.5) is 0 Å². The number of carbonyl (C=O) groups excluding carboxylic acids is 1. The molecule has 0 aliphatic heterocycles. The molecule has 0 heterocycles. The standard InChI is InChI=1S/C18H20ClO3P.Li.H/c1-3-21-11-12-22-14-7-9-15(10-8-14)23-18(20)17-13(2)5-4-6-16(17)19;;/h4-10,23H,3,11-12H2,1-2H3;;. The molecule has 124 valence electrons. The molecular weight excluding hydrogens is 338 g/mol. The number of ether oxygens (including phenoxy) is 2. The van der Waals surface area contributed by atoms with E-state index in [-0.39, 0.29) is 33.0 Å². The van der Waals surface area contributed by atoms with Gasteiger partial charge in [0.1, 0.15) is 12.4 Å². The van der Waals surface area contributed by atoms with Gasteiger partial charge in [0, 0.05) is 12.2 Å². The third kappa shape index (κ3) is 6.24. The van der Waals surface area contributed by atoms with Gasteiger partial charge in [-0.2, -0.15) is 0 Å². The van der Waals surface area contributed by atoms with E-state index in [1.807, 2.05) is 50.2 Å². The van der Waals surface area contributed by atoms with Gasteiger partial charge < -0.3 is 9.47 Å². The molecule has 0 aromatic heterocycles. The molecule has 0 saturated carbocycles. The van der Waals surface area contributed by atoms with Crippen molar-refractivity contribution in [1.82, 2.24) is 0 Å². The molecule has 2 aromatic carbocycles. The zero-order valence-electron chi connectivity index (χ0n) is 13.3. The van der Waals surface area contributed by atoms with Crippen molar-refractivity contribution in [2.75, 3.05) is 19.8 Å². The van der Waals surface area contributed by atoms with Crippen molar-refractivity contribution in [3.05, 3.63) is 58.6 Å². The second-order valence-electron chi connectivity index (χ2n) is 4.96. The predicted octanol–water partition coefficient (Wildman–Crippen LogP) is 3.56. The molecule has 0 saturated heterocycles. The van der Waals surface area contributed by atoms with Crippen molar-refractivity contribution in [3.8, 4) is 5.75 Å². The first-order valence-corrected chi connectivity index (χ1v) is 8.86. The predicted molar refractivity (Wildman–Crippen MR) is 104 cm³/mol. The number of carbonyl (C=O) groups is 1. The van der Waals surface area contributed by atoms with Gasteiger partial charge in [-0.15, -0.1) is 0 Å².